The molecule has 3 nitrogen and oxygen atoms in total. The van der Waals surface area contributed by atoms with E-state index in [2.05, 4.69) is 5.32 Å². The Bertz CT molecular complexity index is 569. The molecular weight excluding hydrogens is 272 g/mol. The molecule has 4 heteroatoms. The van der Waals surface area contributed by atoms with Crippen LogP contribution in [0.1, 0.15) is 30.1 Å². The van der Waals surface area contributed by atoms with Crippen LogP contribution >= 0.6 is 11.6 Å². The lowest BCUT2D eigenvalue weighted by molar-refractivity contribution is -0.120. The van der Waals surface area contributed by atoms with Crippen LogP contribution in [0, 0.1) is 0 Å². The van der Waals surface area contributed by atoms with Gasteiger partial charge in [-0.15, -0.1) is 0 Å². The standard InChI is InChI=1S/C16H17ClN2O/c1-11(12-7-9-14(17)10-8-12)19-15(16(18)20)13-5-3-2-4-6-13/h2-11,15,19H,1H3,(H2,18,20)/t11-,15+/m0/s1. The SMILES string of the molecule is C[C@H](N[C@@H](C(N)=O)c1ccccc1)c1ccc(Cl)cc1. The van der Waals surface area contributed by atoms with Crippen molar-refractivity contribution in [3.8, 4) is 0 Å². The first kappa shape index (κ1) is 14.6. The second-order valence-electron chi connectivity index (χ2n) is 4.69. The molecule has 0 spiro atoms. The van der Waals surface area contributed by atoms with Crippen LogP contribution in [0.15, 0.2) is 54.6 Å². The third-order valence-corrected chi connectivity index (χ3v) is 3.46. The highest BCUT2D eigenvalue weighted by atomic mass is 35.5. The summed E-state index contributed by atoms with van der Waals surface area (Å²) in [5.41, 5.74) is 7.41. The van der Waals surface area contributed by atoms with E-state index in [9.17, 15) is 4.79 Å². The second kappa shape index (κ2) is 6.55. The molecule has 1 amide bonds. The Hall–Kier alpha value is -1.84. The van der Waals surface area contributed by atoms with Crippen molar-refractivity contribution in [1.29, 1.82) is 0 Å². The summed E-state index contributed by atoms with van der Waals surface area (Å²) in [5.74, 6) is -0.392. The Kier molecular flexibility index (Phi) is 4.77. The first-order chi connectivity index (χ1) is 9.58. The first-order valence-electron chi connectivity index (χ1n) is 6.43. The number of carbonyl (C=O) groups excluding carboxylic acids is 1. The molecule has 0 unspecified atom stereocenters. The third kappa shape index (κ3) is 3.59. The topological polar surface area (TPSA) is 55.1 Å². The van der Waals surface area contributed by atoms with Crippen LogP contribution in [-0.4, -0.2) is 5.91 Å². The fourth-order valence-corrected chi connectivity index (χ4v) is 2.21. The number of amides is 1. The Morgan fingerprint density at radius 3 is 2.20 bits per heavy atom. The van der Waals surface area contributed by atoms with Crippen LogP contribution in [0.25, 0.3) is 0 Å². The van der Waals surface area contributed by atoms with Crippen molar-refractivity contribution < 1.29 is 4.79 Å². The summed E-state index contributed by atoms with van der Waals surface area (Å²) >= 11 is 5.87. The van der Waals surface area contributed by atoms with E-state index < -0.39 is 11.9 Å². The minimum atomic E-state index is -0.512. The third-order valence-electron chi connectivity index (χ3n) is 3.20. The quantitative estimate of drug-likeness (QED) is 0.887. The molecule has 0 aliphatic heterocycles. The van der Waals surface area contributed by atoms with Gasteiger partial charge in [-0.3, -0.25) is 10.1 Å². The first-order valence-corrected chi connectivity index (χ1v) is 6.81. The highest BCUT2D eigenvalue weighted by molar-refractivity contribution is 6.30. The van der Waals surface area contributed by atoms with Crippen LogP contribution in [0.3, 0.4) is 0 Å². The van der Waals surface area contributed by atoms with E-state index in [1.807, 2.05) is 61.5 Å². The zero-order valence-electron chi connectivity index (χ0n) is 11.2. The molecule has 0 aromatic heterocycles. The van der Waals surface area contributed by atoms with Gasteiger partial charge in [0.2, 0.25) is 5.91 Å². The van der Waals surface area contributed by atoms with E-state index >= 15 is 0 Å². The average Bonchev–Trinajstić information content (AvgIpc) is 2.46. The molecule has 2 aromatic carbocycles. The van der Waals surface area contributed by atoms with E-state index in [1.54, 1.807) is 0 Å². The van der Waals surface area contributed by atoms with Gasteiger partial charge in [0.05, 0.1) is 0 Å². The smallest absolute Gasteiger partial charge is 0.239 e. The molecule has 104 valence electrons. The predicted molar refractivity (Wildman–Crippen MR) is 81.4 cm³/mol. The predicted octanol–water partition coefficient (Wildman–Crippen LogP) is 3.22. The maximum Gasteiger partial charge on any atom is 0.239 e. The molecule has 20 heavy (non-hydrogen) atoms. The van der Waals surface area contributed by atoms with E-state index in [4.69, 9.17) is 17.3 Å². The van der Waals surface area contributed by atoms with Crippen molar-refractivity contribution in [2.75, 3.05) is 0 Å². The molecule has 2 rings (SSSR count). The van der Waals surface area contributed by atoms with Crippen molar-refractivity contribution in [2.45, 2.75) is 19.0 Å². The lowest BCUT2D eigenvalue weighted by atomic mass is 10.0. The van der Waals surface area contributed by atoms with Crippen LogP contribution in [0.2, 0.25) is 5.02 Å². The number of nitrogens with two attached hydrogens (primary N) is 1. The van der Waals surface area contributed by atoms with E-state index in [0.29, 0.717) is 5.02 Å². The van der Waals surface area contributed by atoms with Gasteiger partial charge in [0, 0.05) is 11.1 Å². The number of hydrogen-bond donors (Lipinski definition) is 2. The van der Waals surface area contributed by atoms with Gasteiger partial charge < -0.3 is 5.73 Å². The molecule has 0 saturated heterocycles. The van der Waals surface area contributed by atoms with E-state index in [-0.39, 0.29) is 6.04 Å². The summed E-state index contributed by atoms with van der Waals surface area (Å²) in [7, 11) is 0. The number of halogens is 1. The molecule has 0 aliphatic carbocycles. The molecule has 0 aliphatic rings. The molecule has 0 saturated carbocycles. The molecule has 0 bridgehead atoms. The minimum absolute atomic E-state index is 0.00928. The highest BCUT2D eigenvalue weighted by Gasteiger charge is 2.20. The van der Waals surface area contributed by atoms with Gasteiger partial charge in [-0.1, -0.05) is 54.1 Å². The van der Waals surface area contributed by atoms with Gasteiger partial charge in [0.1, 0.15) is 6.04 Å². The number of nitrogens with one attached hydrogen (secondary N) is 1. The van der Waals surface area contributed by atoms with Crippen molar-refractivity contribution >= 4 is 17.5 Å². The largest absolute Gasteiger partial charge is 0.368 e. The lowest BCUT2D eigenvalue weighted by Crippen LogP contribution is -2.35. The Morgan fingerprint density at radius 1 is 1.05 bits per heavy atom. The maximum atomic E-state index is 11.7. The summed E-state index contributed by atoms with van der Waals surface area (Å²) < 4.78 is 0. The Balaban J connectivity index is 2.16. The summed E-state index contributed by atoms with van der Waals surface area (Å²) in [6.07, 6.45) is 0. The fraction of sp³-hybridized carbons (Fsp3) is 0.188. The van der Waals surface area contributed by atoms with Crippen molar-refractivity contribution in [2.24, 2.45) is 5.73 Å². The maximum absolute atomic E-state index is 11.7. The minimum Gasteiger partial charge on any atom is -0.368 e. The van der Waals surface area contributed by atoms with Gasteiger partial charge in [-0.25, -0.2) is 0 Å². The van der Waals surface area contributed by atoms with Crippen molar-refractivity contribution in [3.63, 3.8) is 0 Å². The van der Waals surface area contributed by atoms with Crippen molar-refractivity contribution in [3.05, 3.63) is 70.7 Å². The van der Waals surface area contributed by atoms with Crippen LogP contribution < -0.4 is 11.1 Å². The van der Waals surface area contributed by atoms with Gasteiger partial charge >= 0.3 is 0 Å². The van der Waals surface area contributed by atoms with Gasteiger partial charge in [-0.05, 0) is 30.2 Å². The second-order valence-corrected chi connectivity index (χ2v) is 5.12. The molecule has 0 fully saturated rings. The number of benzene rings is 2. The van der Waals surface area contributed by atoms with Gasteiger partial charge in [0.25, 0.3) is 0 Å². The normalized spacial score (nSPS) is 13.7. The number of primary amides is 1. The molecular formula is C16H17ClN2O. The monoisotopic (exact) mass is 288 g/mol. The van der Waals surface area contributed by atoms with Crippen LogP contribution in [0.4, 0.5) is 0 Å². The fourth-order valence-electron chi connectivity index (χ4n) is 2.09. The zero-order chi connectivity index (χ0) is 14.5. The summed E-state index contributed by atoms with van der Waals surface area (Å²) in [6.45, 7) is 1.99. The average molecular weight is 289 g/mol. The van der Waals surface area contributed by atoms with Crippen molar-refractivity contribution in [1.82, 2.24) is 5.32 Å². The van der Waals surface area contributed by atoms with E-state index in [0.717, 1.165) is 11.1 Å². The summed E-state index contributed by atoms with van der Waals surface area (Å²) in [4.78, 5) is 11.7. The highest BCUT2D eigenvalue weighted by Crippen LogP contribution is 2.21. The Morgan fingerprint density at radius 2 is 1.65 bits per heavy atom. The lowest BCUT2D eigenvalue weighted by Gasteiger charge is -2.21. The Labute approximate surface area is 123 Å². The van der Waals surface area contributed by atoms with E-state index in [1.165, 1.54) is 0 Å². The molecule has 0 heterocycles. The number of carbonyl (C=O) groups is 1. The van der Waals surface area contributed by atoms with Gasteiger partial charge in [-0.2, -0.15) is 0 Å². The summed E-state index contributed by atoms with van der Waals surface area (Å²) in [5, 5.41) is 3.94. The number of hydrogen-bond acceptors (Lipinski definition) is 2. The van der Waals surface area contributed by atoms with Gasteiger partial charge in [0.15, 0.2) is 0 Å². The van der Waals surface area contributed by atoms with Crippen LogP contribution in [0.5, 0.6) is 0 Å². The number of rotatable bonds is 5. The van der Waals surface area contributed by atoms with Crippen LogP contribution in [-0.2, 0) is 4.79 Å². The molecule has 2 aromatic rings. The molecule has 2 atom stereocenters. The molecule has 0 radical (unpaired) electrons. The molecule has 3 N–H and O–H groups in total. The summed E-state index contributed by atoms with van der Waals surface area (Å²) in [6, 6.07) is 16.5. The zero-order valence-corrected chi connectivity index (χ0v) is 12.0.